The van der Waals surface area contributed by atoms with Crippen molar-refractivity contribution in [2.75, 3.05) is 6.54 Å². The average Bonchev–Trinajstić information content (AvgIpc) is 3.10. The van der Waals surface area contributed by atoms with E-state index in [4.69, 9.17) is 4.42 Å². The van der Waals surface area contributed by atoms with Crippen molar-refractivity contribution < 1.29 is 17.9 Å². The highest BCUT2D eigenvalue weighted by molar-refractivity contribution is 7.91. The second kappa shape index (κ2) is 6.53. The number of thiophene rings is 1. The second-order valence-electron chi connectivity index (χ2n) is 4.29. The molecule has 7 heteroatoms. The van der Waals surface area contributed by atoms with Gasteiger partial charge < -0.3 is 9.52 Å². The lowest BCUT2D eigenvalue weighted by atomic mass is 10.2. The van der Waals surface area contributed by atoms with E-state index in [0.29, 0.717) is 9.97 Å². The highest BCUT2D eigenvalue weighted by atomic mass is 32.2. The van der Waals surface area contributed by atoms with Gasteiger partial charge in [0.15, 0.2) is 0 Å². The van der Waals surface area contributed by atoms with E-state index in [2.05, 4.69) is 4.72 Å². The van der Waals surface area contributed by atoms with Crippen LogP contribution >= 0.6 is 11.3 Å². The van der Waals surface area contributed by atoms with Gasteiger partial charge in [-0.25, -0.2) is 13.1 Å². The van der Waals surface area contributed by atoms with E-state index in [1.807, 2.05) is 13.0 Å². The van der Waals surface area contributed by atoms with Gasteiger partial charge in [0.2, 0.25) is 10.0 Å². The van der Waals surface area contributed by atoms with E-state index in [1.54, 1.807) is 18.2 Å². The summed E-state index contributed by atoms with van der Waals surface area (Å²) in [5.41, 5.74) is 0. The Morgan fingerprint density at radius 3 is 2.80 bits per heavy atom. The van der Waals surface area contributed by atoms with Gasteiger partial charge in [0.1, 0.15) is 16.1 Å². The van der Waals surface area contributed by atoms with E-state index in [-0.39, 0.29) is 13.0 Å². The molecule has 2 heterocycles. The quantitative estimate of drug-likeness (QED) is 0.821. The maximum absolute atomic E-state index is 12.0. The molecule has 0 saturated heterocycles. The van der Waals surface area contributed by atoms with Crippen LogP contribution in [0.4, 0.5) is 0 Å². The molecule has 2 aromatic heterocycles. The van der Waals surface area contributed by atoms with Crippen LogP contribution < -0.4 is 4.72 Å². The number of rotatable bonds is 7. The molecular weight excluding hydrogens is 298 g/mol. The van der Waals surface area contributed by atoms with Gasteiger partial charge in [-0.1, -0.05) is 6.92 Å². The summed E-state index contributed by atoms with van der Waals surface area (Å²) < 4.78 is 31.9. The highest BCUT2D eigenvalue weighted by Crippen LogP contribution is 2.22. The summed E-state index contributed by atoms with van der Waals surface area (Å²) in [7, 11) is -3.49. The third-order valence-corrected chi connectivity index (χ3v) is 6.01. The van der Waals surface area contributed by atoms with Crippen LogP contribution in [0.25, 0.3) is 0 Å². The van der Waals surface area contributed by atoms with Crippen molar-refractivity contribution >= 4 is 21.4 Å². The first kappa shape index (κ1) is 15.2. The van der Waals surface area contributed by atoms with E-state index >= 15 is 0 Å². The van der Waals surface area contributed by atoms with Crippen molar-refractivity contribution in [3.05, 3.63) is 41.2 Å². The Bertz CT molecular complexity index is 631. The van der Waals surface area contributed by atoms with Crippen molar-refractivity contribution in [2.45, 2.75) is 30.1 Å². The number of furan rings is 1. The van der Waals surface area contributed by atoms with Crippen LogP contribution in [0.15, 0.2) is 39.2 Å². The number of aliphatic hydroxyl groups excluding tert-OH is 1. The van der Waals surface area contributed by atoms with Crippen LogP contribution in [0.5, 0.6) is 0 Å². The minimum absolute atomic E-state index is 0.156. The van der Waals surface area contributed by atoms with Gasteiger partial charge >= 0.3 is 0 Å². The molecule has 0 aliphatic heterocycles. The Balaban J connectivity index is 1.89. The first-order valence-corrected chi connectivity index (χ1v) is 8.62. The van der Waals surface area contributed by atoms with Crippen LogP contribution in [-0.4, -0.2) is 20.1 Å². The summed E-state index contributed by atoms with van der Waals surface area (Å²) in [6, 6.07) is 6.76. The summed E-state index contributed by atoms with van der Waals surface area (Å²) >= 11 is 1.26. The number of sulfonamides is 1. The largest absolute Gasteiger partial charge is 0.467 e. The maximum atomic E-state index is 12.0. The number of aryl methyl sites for hydroxylation is 1. The smallest absolute Gasteiger partial charge is 0.250 e. The Hall–Kier alpha value is -1.15. The molecule has 20 heavy (non-hydrogen) atoms. The van der Waals surface area contributed by atoms with Crippen LogP contribution in [0.2, 0.25) is 0 Å². The van der Waals surface area contributed by atoms with Gasteiger partial charge in [-0.05, 0) is 37.1 Å². The fourth-order valence-corrected chi connectivity index (χ4v) is 4.10. The second-order valence-corrected chi connectivity index (χ2v) is 7.45. The van der Waals surface area contributed by atoms with Gasteiger partial charge in [0.05, 0.1) is 6.26 Å². The molecular formula is C13H17NO4S2. The van der Waals surface area contributed by atoms with Gasteiger partial charge in [-0.3, -0.25) is 0 Å². The molecule has 0 aromatic carbocycles. The Morgan fingerprint density at radius 1 is 1.40 bits per heavy atom. The highest BCUT2D eigenvalue weighted by Gasteiger charge is 2.17. The minimum Gasteiger partial charge on any atom is -0.467 e. The molecule has 1 unspecified atom stereocenters. The predicted molar refractivity (Wildman–Crippen MR) is 77.2 cm³/mol. The molecule has 2 N–H and O–H groups in total. The monoisotopic (exact) mass is 315 g/mol. The zero-order valence-corrected chi connectivity index (χ0v) is 12.7. The lowest BCUT2D eigenvalue weighted by Gasteiger charge is -2.08. The molecule has 0 amide bonds. The van der Waals surface area contributed by atoms with E-state index in [1.165, 1.54) is 17.6 Å². The zero-order valence-electron chi connectivity index (χ0n) is 11.1. The third-order valence-electron chi connectivity index (χ3n) is 2.83. The molecule has 5 nitrogen and oxygen atoms in total. The number of aliphatic hydroxyl groups is 1. The fourth-order valence-electron chi connectivity index (χ4n) is 1.72. The van der Waals surface area contributed by atoms with Crippen LogP contribution in [0, 0.1) is 0 Å². The minimum atomic E-state index is -3.49. The Morgan fingerprint density at radius 2 is 2.20 bits per heavy atom. The van der Waals surface area contributed by atoms with E-state index in [0.717, 1.165) is 11.3 Å². The maximum Gasteiger partial charge on any atom is 0.250 e. The first-order chi connectivity index (χ1) is 9.53. The zero-order chi connectivity index (χ0) is 14.6. The molecule has 0 radical (unpaired) electrons. The third kappa shape index (κ3) is 3.69. The summed E-state index contributed by atoms with van der Waals surface area (Å²) in [6.45, 7) is 2.14. The van der Waals surface area contributed by atoms with Crippen molar-refractivity contribution in [1.29, 1.82) is 0 Å². The molecule has 0 spiro atoms. The Kier molecular flexibility index (Phi) is 4.98. The number of hydrogen-bond donors (Lipinski definition) is 2. The van der Waals surface area contributed by atoms with E-state index in [9.17, 15) is 13.5 Å². The summed E-state index contributed by atoms with van der Waals surface area (Å²) in [5, 5.41) is 9.79. The van der Waals surface area contributed by atoms with Crippen LogP contribution in [-0.2, 0) is 16.4 Å². The van der Waals surface area contributed by atoms with Gasteiger partial charge in [-0.2, -0.15) is 0 Å². The molecule has 0 saturated carbocycles. The van der Waals surface area contributed by atoms with Crippen molar-refractivity contribution in [3.63, 3.8) is 0 Å². The van der Waals surface area contributed by atoms with Crippen molar-refractivity contribution in [1.82, 2.24) is 4.72 Å². The molecule has 0 aliphatic rings. The lowest BCUT2D eigenvalue weighted by Crippen LogP contribution is -2.25. The topological polar surface area (TPSA) is 79.5 Å². The summed E-state index contributed by atoms with van der Waals surface area (Å²) in [6.07, 6.45) is 1.75. The SMILES string of the molecule is CCc1ccc(S(=O)(=O)NCCC(O)c2ccco2)s1. The molecule has 0 aliphatic carbocycles. The lowest BCUT2D eigenvalue weighted by molar-refractivity contribution is 0.142. The molecule has 110 valence electrons. The molecule has 0 bridgehead atoms. The van der Waals surface area contributed by atoms with Gasteiger partial charge in [-0.15, -0.1) is 11.3 Å². The predicted octanol–water partition coefficient (Wildman–Crippen LogP) is 2.31. The van der Waals surface area contributed by atoms with Crippen molar-refractivity contribution in [2.24, 2.45) is 0 Å². The average molecular weight is 315 g/mol. The molecule has 2 rings (SSSR count). The number of nitrogens with one attached hydrogen (secondary N) is 1. The van der Waals surface area contributed by atoms with Gasteiger partial charge in [0, 0.05) is 11.4 Å². The normalized spacial score (nSPS) is 13.5. The summed E-state index contributed by atoms with van der Waals surface area (Å²) in [4.78, 5) is 1.03. The standard InChI is InChI=1S/C13H17NO4S2/c1-2-10-5-6-13(19-10)20(16,17)14-8-7-11(15)12-4-3-9-18-12/h3-6,9,11,14-15H,2,7-8H2,1H3. The Labute approximate surface area is 122 Å². The van der Waals surface area contributed by atoms with Crippen LogP contribution in [0.3, 0.4) is 0 Å². The van der Waals surface area contributed by atoms with Gasteiger partial charge in [0.25, 0.3) is 0 Å². The fraction of sp³-hybridized carbons (Fsp3) is 0.385. The molecule has 1 atom stereocenters. The van der Waals surface area contributed by atoms with Crippen molar-refractivity contribution in [3.8, 4) is 0 Å². The van der Waals surface area contributed by atoms with Crippen LogP contribution in [0.1, 0.15) is 30.1 Å². The molecule has 0 fully saturated rings. The number of hydrogen-bond acceptors (Lipinski definition) is 5. The summed E-state index contributed by atoms with van der Waals surface area (Å²) in [5.74, 6) is 0.439. The van der Waals surface area contributed by atoms with E-state index < -0.39 is 16.1 Å². The first-order valence-electron chi connectivity index (χ1n) is 6.33. The molecule has 2 aromatic rings.